The molecule has 1 N–H and O–H groups in total. The van der Waals surface area contributed by atoms with Crippen LogP contribution in [0.15, 0.2) is 30.9 Å². The molecule has 1 amide bonds. The second-order valence-electron chi connectivity index (χ2n) is 5.70. The van der Waals surface area contributed by atoms with Gasteiger partial charge in [0.2, 0.25) is 0 Å². The van der Waals surface area contributed by atoms with E-state index in [1.165, 1.54) is 6.42 Å². The Kier molecular flexibility index (Phi) is 4.83. The van der Waals surface area contributed by atoms with E-state index in [0.29, 0.717) is 5.92 Å². The molecular weight excluding hydrogens is 248 g/mol. The number of piperidine rings is 1. The molecule has 1 aromatic rings. The van der Waals surface area contributed by atoms with Crippen molar-refractivity contribution in [1.82, 2.24) is 4.90 Å². The maximum atomic E-state index is 12.5. The van der Waals surface area contributed by atoms with Gasteiger partial charge in [-0.3, -0.25) is 4.79 Å². The van der Waals surface area contributed by atoms with Crippen molar-refractivity contribution in [2.24, 2.45) is 5.92 Å². The van der Waals surface area contributed by atoms with Crippen LogP contribution in [0.1, 0.15) is 35.7 Å². The van der Waals surface area contributed by atoms with E-state index in [9.17, 15) is 4.79 Å². The van der Waals surface area contributed by atoms with E-state index in [1.807, 2.05) is 36.1 Å². The van der Waals surface area contributed by atoms with Gasteiger partial charge in [-0.15, -0.1) is 6.58 Å². The number of aryl methyl sites for hydroxylation is 1. The number of benzene rings is 1. The fourth-order valence-electron chi connectivity index (χ4n) is 2.73. The zero-order valence-electron chi connectivity index (χ0n) is 12.5. The van der Waals surface area contributed by atoms with E-state index in [1.54, 1.807) is 0 Å². The molecule has 1 aliphatic rings. The highest BCUT2D eigenvalue weighted by molar-refractivity contribution is 5.95. The molecule has 1 heterocycles. The van der Waals surface area contributed by atoms with Gasteiger partial charge in [0.1, 0.15) is 0 Å². The van der Waals surface area contributed by atoms with Crippen molar-refractivity contribution < 1.29 is 4.79 Å². The van der Waals surface area contributed by atoms with Gasteiger partial charge < -0.3 is 10.2 Å². The third-order valence-electron chi connectivity index (χ3n) is 3.85. The first kappa shape index (κ1) is 14.6. The molecule has 1 fully saturated rings. The van der Waals surface area contributed by atoms with E-state index >= 15 is 0 Å². The molecule has 3 heteroatoms. The zero-order chi connectivity index (χ0) is 14.5. The molecule has 20 heavy (non-hydrogen) atoms. The highest BCUT2D eigenvalue weighted by atomic mass is 16.2. The Hall–Kier alpha value is -1.77. The molecule has 1 unspecified atom stereocenters. The maximum Gasteiger partial charge on any atom is 0.253 e. The molecule has 108 valence electrons. The molecule has 3 nitrogen and oxygen atoms in total. The van der Waals surface area contributed by atoms with Gasteiger partial charge in [-0.05, 0) is 49.4 Å². The predicted octanol–water partition coefficient (Wildman–Crippen LogP) is 3.47. The van der Waals surface area contributed by atoms with Crippen molar-refractivity contribution in [2.75, 3.05) is 25.0 Å². The second-order valence-corrected chi connectivity index (χ2v) is 5.70. The number of hydrogen-bond donors (Lipinski definition) is 1. The topological polar surface area (TPSA) is 32.3 Å². The number of nitrogens with one attached hydrogen (secondary N) is 1. The summed E-state index contributed by atoms with van der Waals surface area (Å²) in [5.74, 6) is 0.775. The Morgan fingerprint density at radius 2 is 2.35 bits per heavy atom. The molecule has 0 aliphatic carbocycles. The summed E-state index contributed by atoms with van der Waals surface area (Å²) >= 11 is 0. The van der Waals surface area contributed by atoms with Crippen LogP contribution in [0.5, 0.6) is 0 Å². The number of carbonyl (C=O) groups excluding carboxylic acids is 1. The monoisotopic (exact) mass is 272 g/mol. The summed E-state index contributed by atoms with van der Waals surface area (Å²) in [5, 5.41) is 3.27. The number of likely N-dealkylation sites (tertiary alicyclic amines) is 1. The van der Waals surface area contributed by atoms with E-state index < -0.39 is 0 Å². The Balaban J connectivity index is 2.10. The maximum absolute atomic E-state index is 12.5. The summed E-state index contributed by atoms with van der Waals surface area (Å²) in [6, 6.07) is 5.88. The molecule has 0 spiro atoms. The highest BCUT2D eigenvalue weighted by Gasteiger charge is 2.22. The zero-order valence-corrected chi connectivity index (χ0v) is 12.5. The van der Waals surface area contributed by atoms with Crippen LogP contribution < -0.4 is 5.32 Å². The van der Waals surface area contributed by atoms with E-state index in [2.05, 4.69) is 18.8 Å². The van der Waals surface area contributed by atoms with Crippen LogP contribution in [-0.4, -0.2) is 30.4 Å². The van der Waals surface area contributed by atoms with Crippen LogP contribution in [-0.2, 0) is 0 Å². The third kappa shape index (κ3) is 3.41. The normalized spacial score (nSPS) is 18.7. The van der Waals surface area contributed by atoms with Crippen LogP contribution in [0, 0.1) is 12.8 Å². The van der Waals surface area contributed by atoms with Gasteiger partial charge in [0, 0.05) is 30.9 Å². The second kappa shape index (κ2) is 6.60. The van der Waals surface area contributed by atoms with E-state index in [0.717, 1.165) is 42.9 Å². The highest BCUT2D eigenvalue weighted by Crippen LogP contribution is 2.21. The van der Waals surface area contributed by atoms with Gasteiger partial charge in [-0.2, -0.15) is 0 Å². The lowest BCUT2D eigenvalue weighted by molar-refractivity contribution is 0.0683. The van der Waals surface area contributed by atoms with Gasteiger partial charge in [0.05, 0.1) is 0 Å². The number of carbonyl (C=O) groups is 1. The van der Waals surface area contributed by atoms with Crippen molar-refractivity contribution in [3.05, 3.63) is 42.0 Å². The molecular formula is C17H24N2O. The Bertz CT molecular complexity index is 496. The molecule has 0 radical (unpaired) electrons. The smallest absolute Gasteiger partial charge is 0.253 e. The summed E-state index contributed by atoms with van der Waals surface area (Å²) in [6.07, 6.45) is 4.17. The van der Waals surface area contributed by atoms with E-state index in [-0.39, 0.29) is 5.91 Å². The number of hydrogen-bond acceptors (Lipinski definition) is 2. The number of anilines is 1. The average molecular weight is 272 g/mol. The molecule has 0 saturated carbocycles. The summed E-state index contributed by atoms with van der Waals surface area (Å²) in [7, 11) is 0. The average Bonchev–Trinajstić information content (AvgIpc) is 2.45. The van der Waals surface area contributed by atoms with Crippen molar-refractivity contribution in [3.63, 3.8) is 0 Å². The Labute approximate surface area is 121 Å². The summed E-state index contributed by atoms with van der Waals surface area (Å²) < 4.78 is 0. The van der Waals surface area contributed by atoms with Crippen LogP contribution in [0.25, 0.3) is 0 Å². The summed E-state index contributed by atoms with van der Waals surface area (Å²) in [6.45, 7) is 10.4. The van der Waals surface area contributed by atoms with Crippen molar-refractivity contribution >= 4 is 11.6 Å². The quantitative estimate of drug-likeness (QED) is 0.851. The van der Waals surface area contributed by atoms with Crippen LogP contribution in [0.4, 0.5) is 5.69 Å². The molecule has 1 aromatic carbocycles. The van der Waals surface area contributed by atoms with Gasteiger partial charge in [-0.25, -0.2) is 0 Å². The molecule has 1 atom stereocenters. The van der Waals surface area contributed by atoms with Crippen LogP contribution in [0.3, 0.4) is 0 Å². The van der Waals surface area contributed by atoms with Crippen molar-refractivity contribution in [1.29, 1.82) is 0 Å². The van der Waals surface area contributed by atoms with Crippen LogP contribution in [0.2, 0.25) is 0 Å². The summed E-state index contributed by atoms with van der Waals surface area (Å²) in [4.78, 5) is 14.5. The first-order valence-corrected chi connectivity index (χ1v) is 7.36. The molecule has 0 aromatic heterocycles. The van der Waals surface area contributed by atoms with Crippen LogP contribution >= 0.6 is 0 Å². The lowest BCUT2D eigenvalue weighted by Gasteiger charge is -2.31. The lowest BCUT2D eigenvalue weighted by Crippen LogP contribution is -2.39. The molecule has 1 saturated heterocycles. The number of nitrogens with zero attached hydrogens (tertiary/aromatic N) is 1. The minimum absolute atomic E-state index is 0.162. The third-order valence-corrected chi connectivity index (χ3v) is 3.85. The van der Waals surface area contributed by atoms with Gasteiger partial charge in [0.15, 0.2) is 0 Å². The van der Waals surface area contributed by atoms with Crippen molar-refractivity contribution in [3.8, 4) is 0 Å². The predicted molar refractivity (Wildman–Crippen MR) is 84.2 cm³/mol. The fraction of sp³-hybridized carbons (Fsp3) is 0.471. The standard InChI is InChI=1S/C17H24N2O/c1-4-9-18-16-8-7-15(11-14(16)3)17(20)19-10-5-6-13(2)12-19/h4,7-8,11,13,18H,1,5-6,9-10,12H2,2-3H3. The Morgan fingerprint density at radius 3 is 3.00 bits per heavy atom. The van der Waals surface area contributed by atoms with Crippen molar-refractivity contribution in [2.45, 2.75) is 26.7 Å². The number of amides is 1. The van der Waals surface area contributed by atoms with Gasteiger partial charge in [0.25, 0.3) is 5.91 Å². The van der Waals surface area contributed by atoms with E-state index in [4.69, 9.17) is 0 Å². The first-order chi connectivity index (χ1) is 9.61. The first-order valence-electron chi connectivity index (χ1n) is 7.36. The lowest BCUT2D eigenvalue weighted by atomic mass is 9.99. The minimum atomic E-state index is 0.162. The largest absolute Gasteiger partial charge is 0.381 e. The molecule has 2 rings (SSSR count). The Morgan fingerprint density at radius 1 is 1.55 bits per heavy atom. The molecule has 1 aliphatic heterocycles. The molecule has 0 bridgehead atoms. The van der Waals surface area contributed by atoms with Gasteiger partial charge >= 0.3 is 0 Å². The number of rotatable bonds is 4. The SMILES string of the molecule is C=CCNc1ccc(C(=O)N2CCCC(C)C2)cc1C. The minimum Gasteiger partial charge on any atom is -0.381 e. The summed E-state index contributed by atoms with van der Waals surface area (Å²) in [5.41, 5.74) is 2.96. The fourth-order valence-corrected chi connectivity index (χ4v) is 2.73. The van der Waals surface area contributed by atoms with Gasteiger partial charge in [-0.1, -0.05) is 13.0 Å².